The fraction of sp³-hybridized carbons (Fsp3) is 0.600. The molecule has 1 saturated heterocycles. The highest BCUT2D eigenvalue weighted by Gasteiger charge is 2.27. The SMILES string of the molecule is CN=C(NCCc1cc(C)ccc1OC)NC1CCN(C(=O)C(C)C)C1.I. The van der Waals surface area contributed by atoms with E-state index < -0.39 is 0 Å². The van der Waals surface area contributed by atoms with Crippen LogP contribution in [0.4, 0.5) is 0 Å². The number of likely N-dealkylation sites (tertiary alicyclic amines) is 1. The third-order valence-corrected chi connectivity index (χ3v) is 4.68. The van der Waals surface area contributed by atoms with Gasteiger partial charge in [-0.25, -0.2) is 0 Å². The van der Waals surface area contributed by atoms with Crippen LogP contribution < -0.4 is 15.4 Å². The normalized spacial score (nSPS) is 16.9. The molecule has 152 valence electrons. The number of benzene rings is 1. The van der Waals surface area contributed by atoms with E-state index in [2.05, 4.69) is 34.7 Å². The summed E-state index contributed by atoms with van der Waals surface area (Å²) in [5.74, 6) is 1.97. The van der Waals surface area contributed by atoms with Crippen molar-refractivity contribution in [3.8, 4) is 5.75 Å². The van der Waals surface area contributed by atoms with Crippen molar-refractivity contribution in [3.63, 3.8) is 0 Å². The summed E-state index contributed by atoms with van der Waals surface area (Å²) < 4.78 is 5.43. The second-order valence-electron chi connectivity index (χ2n) is 7.13. The molecule has 0 bridgehead atoms. The third kappa shape index (κ3) is 6.86. The van der Waals surface area contributed by atoms with Gasteiger partial charge in [-0.3, -0.25) is 9.79 Å². The van der Waals surface area contributed by atoms with Crippen LogP contribution in [-0.2, 0) is 11.2 Å². The Kier molecular flexibility index (Phi) is 9.90. The van der Waals surface area contributed by atoms with Crippen LogP contribution in [0.5, 0.6) is 5.75 Å². The lowest BCUT2D eigenvalue weighted by atomic mass is 10.1. The average molecular weight is 488 g/mol. The van der Waals surface area contributed by atoms with Gasteiger partial charge >= 0.3 is 0 Å². The minimum absolute atomic E-state index is 0. The Labute approximate surface area is 180 Å². The zero-order valence-electron chi connectivity index (χ0n) is 17.0. The molecule has 2 N–H and O–H groups in total. The van der Waals surface area contributed by atoms with Crippen molar-refractivity contribution in [1.82, 2.24) is 15.5 Å². The van der Waals surface area contributed by atoms with Crippen LogP contribution in [0.15, 0.2) is 23.2 Å². The highest BCUT2D eigenvalue weighted by molar-refractivity contribution is 14.0. The Balaban J connectivity index is 0.00000364. The molecule has 1 aliphatic rings. The molecule has 1 fully saturated rings. The van der Waals surface area contributed by atoms with Gasteiger partial charge in [-0.1, -0.05) is 31.5 Å². The van der Waals surface area contributed by atoms with Gasteiger partial charge < -0.3 is 20.3 Å². The maximum absolute atomic E-state index is 12.1. The number of ether oxygens (including phenoxy) is 1. The Hall–Kier alpha value is -1.51. The molecule has 2 rings (SSSR count). The monoisotopic (exact) mass is 488 g/mol. The summed E-state index contributed by atoms with van der Waals surface area (Å²) in [4.78, 5) is 18.3. The molecule has 6 nitrogen and oxygen atoms in total. The highest BCUT2D eigenvalue weighted by atomic mass is 127. The Morgan fingerprint density at radius 1 is 1.41 bits per heavy atom. The second kappa shape index (κ2) is 11.4. The van der Waals surface area contributed by atoms with E-state index >= 15 is 0 Å². The molecule has 0 aliphatic carbocycles. The van der Waals surface area contributed by atoms with Crippen molar-refractivity contribution in [2.45, 2.75) is 39.7 Å². The smallest absolute Gasteiger partial charge is 0.225 e. The van der Waals surface area contributed by atoms with Crippen LogP contribution in [0.3, 0.4) is 0 Å². The lowest BCUT2D eigenvalue weighted by Gasteiger charge is -2.20. The molecule has 1 aromatic rings. The summed E-state index contributed by atoms with van der Waals surface area (Å²) in [6.45, 7) is 8.30. The van der Waals surface area contributed by atoms with Crippen molar-refractivity contribution in [1.29, 1.82) is 0 Å². The second-order valence-corrected chi connectivity index (χ2v) is 7.13. The van der Waals surface area contributed by atoms with Crippen LogP contribution in [-0.4, -0.2) is 56.6 Å². The molecular weight excluding hydrogens is 455 g/mol. The van der Waals surface area contributed by atoms with Gasteiger partial charge in [-0.05, 0) is 31.4 Å². The van der Waals surface area contributed by atoms with Gasteiger partial charge in [0.2, 0.25) is 5.91 Å². The van der Waals surface area contributed by atoms with Crippen molar-refractivity contribution in [3.05, 3.63) is 29.3 Å². The van der Waals surface area contributed by atoms with Gasteiger partial charge in [0.1, 0.15) is 5.75 Å². The third-order valence-electron chi connectivity index (χ3n) is 4.68. The predicted molar refractivity (Wildman–Crippen MR) is 121 cm³/mol. The number of hydrogen-bond donors (Lipinski definition) is 2. The minimum Gasteiger partial charge on any atom is -0.496 e. The number of halogens is 1. The highest BCUT2D eigenvalue weighted by Crippen LogP contribution is 2.19. The number of carbonyl (C=O) groups is 1. The standard InChI is InChI=1S/C20H32N4O2.HI/c1-14(2)19(25)24-11-9-17(13-24)23-20(21-4)22-10-8-16-12-15(3)6-7-18(16)26-5;/h6-7,12,14,17H,8-11,13H2,1-5H3,(H2,21,22,23);1H. The first-order valence-corrected chi connectivity index (χ1v) is 9.34. The maximum atomic E-state index is 12.1. The van der Waals surface area contributed by atoms with Crippen LogP contribution in [0.1, 0.15) is 31.4 Å². The van der Waals surface area contributed by atoms with E-state index in [0.717, 1.165) is 44.2 Å². The molecule has 0 saturated carbocycles. The van der Waals surface area contributed by atoms with Crippen molar-refractivity contribution >= 4 is 35.8 Å². The Bertz CT molecular complexity index is 649. The number of hydrogen-bond acceptors (Lipinski definition) is 3. The van der Waals surface area contributed by atoms with Crippen LogP contribution in [0.25, 0.3) is 0 Å². The van der Waals surface area contributed by atoms with Crippen LogP contribution in [0, 0.1) is 12.8 Å². The average Bonchev–Trinajstić information content (AvgIpc) is 3.08. The number of rotatable bonds is 6. The summed E-state index contributed by atoms with van der Waals surface area (Å²) in [5.41, 5.74) is 2.41. The quantitative estimate of drug-likeness (QED) is 0.367. The van der Waals surface area contributed by atoms with Crippen molar-refractivity contribution in [2.75, 3.05) is 33.8 Å². The molecule has 7 heteroatoms. The van der Waals surface area contributed by atoms with E-state index in [1.807, 2.05) is 24.8 Å². The fourth-order valence-corrected chi connectivity index (χ4v) is 3.25. The molecule has 1 atom stereocenters. The van der Waals surface area contributed by atoms with Crippen molar-refractivity contribution in [2.24, 2.45) is 10.9 Å². The van der Waals surface area contributed by atoms with E-state index in [-0.39, 0.29) is 41.8 Å². The number of amides is 1. The van der Waals surface area contributed by atoms with Gasteiger partial charge in [0, 0.05) is 38.6 Å². The number of nitrogens with one attached hydrogen (secondary N) is 2. The van der Waals surface area contributed by atoms with E-state index in [4.69, 9.17) is 4.74 Å². The van der Waals surface area contributed by atoms with E-state index in [1.165, 1.54) is 11.1 Å². The van der Waals surface area contributed by atoms with Gasteiger partial charge in [-0.15, -0.1) is 24.0 Å². The molecule has 1 heterocycles. The van der Waals surface area contributed by atoms with Crippen molar-refractivity contribution < 1.29 is 9.53 Å². The first-order chi connectivity index (χ1) is 12.4. The molecule has 0 radical (unpaired) electrons. The summed E-state index contributed by atoms with van der Waals surface area (Å²) in [6, 6.07) is 6.47. The molecule has 1 unspecified atom stereocenters. The van der Waals surface area contributed by atoms with Gasteiger partial charge in [-0.2, -0.15) is 0 Å². The van der Waals surface area contributed by atoms with Gasteiger partial charge in [0.05, 0.1) is 7.11 Å². The first-order valence-electron chi connectivity index (χ1n) is 9.34. The van der Waals surface area contributed by atoms with Crippen LogP contribution in [0.2, 0.25) is 0 Å². The van der Waals surface area contributed by atoms with E-state index in [1.54, 1.807) is 14.2 Å². The molecular formula is C20H33IN4O2. The van der Waals surface area contributed by atoms with E-state index in [9.17, 15) is 4.79 Å². The van der Waals surface area contributed by atoms with Gasteiger partial charge in [0.25, 0.3) is 0 Å². The van der Waals surface area contributed by atoms with E-state index in [0.29, 0.717) is 0 Å². The number of methoxy groups -OCH3 is 1. The molecule has 27 heavy (non-hydrogen) atoms. The Morgan fingerprint density at radius 2 is 2.15 bits per heavy atom. The topological polar surface area (TPSA) is 66.0 Å². The van der Waals surface area contributed by atoms with Gasteiger partial charge in [0.15, 0.2) is 5.96 Å². The minimum atomic E-state index is 0. The summed E-state index contributed by atoms with van der Waals surface area (Å²) in [5, 5.41) is 6.79. The first kappa shape index (κ1) is 23.5. The number of aryl methyl sites for hydroxylation is 1. The lowest BCUT2D eigenvalue weighted by Crippen LogP contribution is -2.45. The molecule has 0 spiro atoms. The summed E-state index contributed by atoms with van der Waals surface area (Å²) >= 11 is 0. The molecule has 1 amide bonds. The summed E-state index contributed by atoms with van der Waals surface area (Å²) in [7, 11) is 3.47. The number of guanidine groups is 1. The predicted octanol–water partition coefficient (Wildman–Crippen LogP) is 2.59. The number of carbonyl (C=O) groups excluding carboxylic acids is 1. The Morgan fingerprint density at radius 3 is 2.78 bits per heavy atom. The van der Waals surface area contributed by atoms with Crippen LogP contribution >= 0.6 is 24.0 Å². The number of nitrogens with zero attached hydrogens (tertiary/aromatic N) is 2. The zero-order chi connectivity index (χ0) is 19.1. The zero-order valence-corrected chi connectivity index (χ0v) is 19.4. The maximum Gasteiger partial charge on any atom is 0.225 e. The number of aliphatic imine (C=N–C) groups is 1. The molecule has 0 aromatic heterocycles. The largest absolute Gasteiger partial charge is 0.496 e. The summed E-state index contributed by atoms with van der Waals surface area (Å²) in [6.07, 6.45) is 1.80. The molecule has 1 aromatic carbocycles. The fourth-order valence-electron chi connectivity index (χ4n) is 3.25. The molecule has 1 aliphatic heterocycles. The lowest BCUT2D eigenvalue weighted by molar-refractivity contribution is -0.133.